The van der Waals surface area contributed by atoms with Gasteiger partial charge in [-0.2, -0.15) is 4.98 Å². The molecule has 0 saturated heterocycles. The Morgan fingerprint density at radius 2 is 1.84 bits per heavy atom. The van der Waals surface area contributed by atoms with Gasteiger partial charge in [0.25, 0.3) is 0 Å². The molecule has 4 nitrogen and oxygen atoms in total. The first-order valence-electron chi connectivity index (χ1n) is 6.75. The molecule has 1 heterocycles. The Balaban J connectivity index is 2.25. The zero-order valence-electron chi connectivity index (χ0n) is 12.0. The zero-order chi connectivity index (χ0) is 13.9. The van der Waals surface area contributed by atoms with E-state index in [0.29, 0.717) is 11.7 Å². The number of aromatic nitrogens is 2. The van der Waals surface area contributed by atoms with Crippen molar-refractivity contribution in [3.63, 3.8) is 0 Å². The maximum absolute atomic E-state index is 5.37. The van der Waals surface area contributed by atoms with Gasteiger partial charge in [0.15, 0.2) is 0 Å². The van der Waals surface area contributed by atoms with Gasteiger partial charge in [0, 0.05) is 5.56 Å². The Hall–Kier alpha value is -1.68. The molecule has 1 aromatic heterocycles. The third kappa shape index (κ3) is 3.01. The van der Waals surface area contributed by atoms with Crippen LogP contribution in [0.15, 0.2) is 28.8 Å². The zero-order valence-corrected chi connectivity index (χ0v) is 12.0. The second-order valence-corrected chi connectivity index (χ2v) is 5.13. The Morgan fingerprint density at radius 1 is 1.16 bits per heavy atom. The van der Waals surface area contributed by atoms with E-state index in [1.807, 2.05) is 26.0 Å². The lowest BCUT2D eigenvalue weighted by molar-refractivity contribution is 0.272. The van der Waals surface area contributed by atoms with E-state index in [0.717, 1.165) is 18.5 Å². The minimum Gasteiger partial charge on any atom is -0.337 e. The first-order chi connectivity index (χ1) is 9.06. The topological polar surface area (TPSA) is 51.0 Å². The van der Waals surface area contributed by atoms with E-state index in [1.165, 1.54) is 5.56 Å². The van der Waals surface area contributed by atoms with Crippen LogP contribution in [0.3, 0.4) is 0 Å². The highest BCUT2D eigenvalue weighted by Crippen LogP contribution is 2.22. The average molecular weight is 259 g/mol. The summed E-state index contributed by atoms with van der Waals surface area (Å²) in [7, 11) is 0. The summed E-state index contributed by atoms with van der Waals surface area (Å²) in [6.07, 6.45) is 1.03. The van der Waals surface area contributed by atoms with Gasteiger partial charge >= 0.3 is 0 Å². The minimum absolute atomic E-state index is 0.302. The van der Waals surface area contributed by atoms with E-state index < -0.39 is 0 Å². The number of rotatable bonds is 5. The summed E-state index contributed by atoms with van der Waals surface area (Å²) in [6, 6.07) is 8.27. The SMILES string of the molecule is CCNC(C)(C)c1nc(-c2ccc(CC)cc2)no1. The van der Waals surface area contributed by atoms with Crippen LogP contribution in [0.1, 0.15) is 39.1 Å². The molecule has 0 aliphatic carbocycles. The van der Waals surface area contributed by atoms with E-state index in [9.17, 15) is 0 Å². The first-order valence-corrected chi connectivity index (χ1v) is 6.75. The molecular formula is C15H21N3O. The van der Waals surface area contributed by atoms with Crippen molar-refractivity contribution in [3.05, 3.63) is 35.7 Å². The molecule has 0 saturated carbocycles. The van der Waals surface area contributed by atoms with Crippen LogP contribution in [-0.2, 0) is 12.0 Å². The molecule has 2 aromatic rings. The molecule has 0 aliphatic heterocycles. The van der Waals surface area contributed by atoms with Crippen molar-refractivity contribution in [2.24, 2.45) is 0 Å². The van der Waals surface area contributed by atoms with Crippen molar-refractivity contribution < 1.29 is 4.52 Å². The predicted molar refractivity (Wildman–Crippen MR) is 75.8 cm³/mol. The second-order valence-electron chi connectivity index (χ2n) is 5.13. The minimum atomic E-state index is -0.302. The molecule has 102 valence electrons. The standard InChI is InChI=1S/C15H21N3O/c1-5-11-7-9-12(10-8-11)13-17-14(19-18-13)15(3,4)16-6-2/h7-10,16H,5-6H2,1-4H3. The van der Waals surface area contributed by atoms with Crippen LogP contribution in [0.4, 0.5) is 0 Å². The highest BCUT2D eigenvalue weighted by atomic mass is 16.5. The predicted octanol–water partition coefficient (Wildman–Crippen LogP) is 3.14. The lowest BCUT2D eigenvalue weighted by Crippen LogP contribution is -2.36. The van der Waals surface area contributed by atoms with Gasteiger partial charge in [-0.1, -0.05) is 43.3 Å². The van der Waals surface area contributed by atoms with Gasteiger partial charge in [-0.15, -0.1) is 0 Å². The van der Waals surface area contributed by atoms with E-state index in [-0.39, 0.29) is 5.54 Å². The van der Waals surface area contributed by atoms with Gasteiger partial charge in [0.2, 0.25) is 11.7 Å². The third-order valence-corrected chi connectivity index (χ3v) is 3.20. The maximum atomic E-state index is 5.37. The molecule has 0 aliphatic rings. The molecule has 0 radical (unpaired) electrons. The van der Waals surface area contributed by atoms with Crippen LogP contribution < -0.4 is 5.32 Å². The second kappa shape index (κ2) is 5.53. The van der Waals surface area contributed by atoms with Crippen molar-refractivity contribution in [2.45, 2.75) is 39.7 Å². The maximum Gasteiger partial charge on any atom is 0.246 e. The lowest BCUT2D eigenvalue weighted by atomic mass is 10.1. The molecule has 1 aromatic carbocycles. The van der Waals surface area contributed by atoms with E-state index in [1.54, 1.807) is 0 Å². The van der Waals surface area contributed by atoms with Crippen molar-refractivity contribution in [3.8, 4) is 11.4 Å². The quantitative estimate of drug-likeness (QED) is 0.896. The highest BCUT2D eigenvalue weighted by Gasteiger charge is 2.26. The summed E-state index contributed by atoms with van der Waals surface area (Å²) < 4.78 is 5.37. The molecule has 2 rings (SSSR count). The monoisotopic (exact) mass is 259 g/mol. The molecule has 0 amide bonds. The van der Waals surface area contributed by atoms with Gasteiger partial charge in [-0.25, -0.2) is 0 Å². The Kier molecular flexibility index (Phi) is 4.00. The summed E-state index contributed by atoms with van der Waals surface area (Å²) in [5.74, 6) is 1.26. The van der Waals surface area contributed by atoms with Crippen LogP contribution >= 0.6 is 0 Å². The summed E-state index contributed by atoms with van der Waals surface area (Å²) in [5, 5.41) is 7.39. The van der Waals surface area contributed by atoms with Crippen LogP contribution in [0.25, 0.3) is 11.4 Å². The summed E-state index contributed by atoms with van der Waals surface area (Å²) in [6.45, 7) is 9.13. The van der Waals surface area contributed by atoms with Gasteiger partial charge in [-0.3, -0.25) is 0 Å². The van der Waals surface area contributed by atoms with Crippen molar-refractivity contribution in [1.29, 1.82) is 0 Å². The number of hydrogen-bond donors (Lipinski definition) is 1. The Bertz CT molecular complexity index is 529. The summed E-state index contributed by atoms with van der Waals surface area (Å²) in [4.78, 5) is 4.49. The van der Waals surface area contributed by atoms with Crippen LogP contribution in [0.2, 0.25) is 0 Å². The van der Waals surface area contributed by atoms with Crippen molar-refractivity contribution >= 4 is 0 Å². The van der Waals surface area contributed by atoms with Crippen LogP contribution in [0, 0.1) is 0 Å². The third-order valence-electron chi connectivity index (χ3n) is 3.20. The number of nitrogens with one attached hydrogen (secondary N) is 1. The molecule has 0 atom stereocenters. The summed E-state index contributed by atoms with van der Waals surface area (Å²) >= 11 is 0. The number of nitrogens with zero attached hydrogens (tertiary/aromatic N) is 2. The van der Waals surface area contributed by atoms with Crippen molar-refractivity contribution in [2.75, 3.05) is 6.54 Å². The van der Waals surface area contributed by atoms with Gasteiger partial charge in [0.05, 0.1) is 5.54 Å². The molecule has 0 spiro atoms. The molecule has 1 N–H and O–H groups in total. The Morgan fingerprint density at radius 3 is 2.42 bits per heavy atom. The number of aryl methyl sites for hydroxylation is 1. The van der Waals surface area contributed by atoms with Crippen LogP contribution in [0.5, 0.6) is 0 Å². The fraction of sp³-hybridized carbons (Fsp3) is 0.467. The van der Waals surface area contributed by atoms with Crippen molar-refractivity contribution in [1.82, 2.24) is 15.5 Å². The largest absolute Gasteiger partial charge is 0.337 e. The smallest absolute Gasteiger partial charge is 0.246 e. The van der Waals surface area contributed by atoms with E-state index in [2.05, 4.69) is 41.4 Å². The van der Waals surface area contributed by atoms with E-state index in [4.69, 9.17) is 4.52 Å². The van der Waals surface area contributed by atoms with Gasteiger partial charge in [-0.05, 0) is 32.4 Å². The normalized spacial score (nSPS) is 11.8. The van der Waals surface area contributed by atoms with Crippen LogP contribution in [-0.4, -0.2) is 16.7 Å². The average Bonchev–Trinajstić information content (AvgIpc) is 2.89. The first kappa shape index (κ1) is 13.7. The Labute approximate surface area is 114 Å². The molecule has 0 fully saturated rings. The molecule has 19 heavy (non-hydrogen) atoms. The lowest BCUT2D eigenvalue weighted by Gasteiger charge is -2.20. The number of benzene rings is 1. The van der Waals surface area contributed by atoms with Gasteiger partial charge in [0.1, 0.15) is 0 Å². The molecular weight excluding hydrogens is 238 g/mol. The number of hydrogen-bond acceptors (Lipinski definition) is 4. The van der Waals surface area contributed by atoms with E-state index >= 15 is 0 Å². The molecule has 0 bridgehead atoms. The summed E-state index contributed by atoms with van der Waals surface area (Å²) in [5.41, 5.74) is 1.99. The highest BCUT2D eigenvalue weighted by molar-refractivity contribution is 5.54. The molecule has 4 heteroatoms. The fourth-order valence-corrected chi connectivity index (χ4v) is 2.00. The van der Waals surface area contributed by atoms with Gasteiger partial charge < -0.3 is 9.84 Å². The molecule has 0 unspecified atom stereocenters. The fourth-order valence-electron chi connectivity index (χ4n) is 2.00.